The lowest BCUT2D eigenvalue weighted by atomic mass is 9.85. The Hall–Kier alpha value is -7.52. The Labute approximate surface area is 347 Å². The van der Waals surface area contributed by atoms with Crippen molar-refractivity contribution >= 4 is 129 Å². The Bertz CT molecular complexity index is 4130. The molecule has 60 heavy (non-hydrogen) atoms. The van der Waals surface area contributed by atoms with Gasteiger partial charge in [0.05, 0.1) is 0 Å². The lowest BCUT2D eigenvalue weighted by molar-refractivity contribution is 0.669. The van der Waals surface area contributed by atoms with Crippen LogP contribution >= 0.6 is 11.3 Å². The molecule has 0 aliphatic heterocycles. The summed E-state index contributed by atoms with van der Waals surface area (Å²) in [5, 5.41) is 22.8. The highest BCUT2D eigenvalue weighted by Gasteiger charge is 2.20. The molecule has 2 heteroatoms. The Morgan fingerprint density at radius 1 is 0.267 bits per heavy atom. The van der Waals surface area contributed by atoms with E-state index in [-0.39, 0.29) is 0 Å². The van der Waals surface area contributed by atoms with Crippen LogP contribution in [0.3, 0.4) is 0 Å². The summed E-state index contributed by atoms with van der Waals surface area (Å²) in [5.74, 6) is 0. The van der Waals surface area contributed by atoms with Crippen LogP contribution in [0.15, 0.2) is 199 Å². The number of fused-ring (bicyclic) bond motifs is 17. The topological polar surface area (TPSA) is 13.1 Å². The number of hydrogen-bond acceptors (Lipinski definition) is 2. The van der Waals surface area contributed by atoms with E-state index in [2.05, 4.69) is 194 Å². The highest BCUT2D eigenvalue weighted by Crippen LogP contribution is 2.48. The summed E-state index contributed by atoms with van der Waals surface area (Å²) in [6, 6.07) is 72.1. The first-order valence-electron chi connectivity index (χ1n) is 20.6. The quantitative estimate of drug-likeness (QED) is 0.126. The molecular weight excluding hydrogens is 745 g/mol. The van der Waals surface area contributed by atoms with Gasteiger partial charge in [-0.05, 0) is 140 Å². The van der Waals surface area contributed by atoms with Crippen molar-refractivity contribution in [1.29, 1.82) is 0 Å². The minimum atomic E-state index is 0.911. The van der Waals surface area contributed by atoms with Gasteiger partial charge in [0, 0.05) is 30.9 Å². The number of thiophene rings is 1. The van der Waals surface area contributed by atoms with Gasteiger partial charge < -0.3 is 4.42 Å². The van der Waals surface area contributed by atoms with Gasteiger partial charge in [0.25, 0.3) is 0 Å². The molecule has 0 bridgehead atoms. The van der Waals surface area contributed by atoms with Gasteiger partial charge in [0.2, 0.25) is 0 Å². The van der Waals surface area contributed by atoms with Crippen LogP contribution in [-0.2, 0) is 0 Å². The summed E-state index contributed by atoms with van der Waals surface area (Å²) >= 11 is 1.91. The smallest absolute Gasteiger partial charge is 0.136 e. The monoisotopic (exact) mass is 776 g/mol. The highest BCUT2D eigenvalue weighted by atomic mass is 32.1. The van der Waals surface area contributed by atoms with Crippen molar-refractivity contribution in [2.45, 2.75) is 0 Å². The maximum Gasteiger partial charge on any atom is 0.136 e. The van der Waals surface area contributed by atoms with Crippen LogP contribution in [-0.4, -0.2) is 0 Å². The summed E-state index contributed by atoms with van der Waals surface area (Å²) in [4.78, 5) is 0. The molecule has 0 amide bonds. The summed E-state index contributed by atoms with van der Waals surface area (Å²) in [6.07, 6.45) is 0. The number of rotatable bonds is 2. The zero-order chi connectivity index (χ0) is 39.1. The largest absolute Gasteiger partial charge is 0.456 e. The number of furan rings is 1. The lowest BCUT2D eigenvalue weighted by Gasteiger charge is -2.18. The van der Waals surface area contributed by atoms with E-state index in [1.807, 2.05) is 11.3 Å². The second kappa shape index (κ2) is 12.0. The normalized spacial score (nSPS) is 12.3. The molecule has 14 rings (SSSR count). The van der Waals surface area contributed by atoms with Crippen molar-refractivity contribution in [1.82, 2.24) is 0 Å². The molecule has 0 spiro atoms. The van der Waals surface area contributed by atoms with Gasteiger partial charge >= 0.3 is 0 Å². The molecule has 276 valence electrons. The van der Waals surface area contributed by atoms with Gasteiger partial charge in [-0.2, -0.15) is 0 Å². The van der Waals surface area contributed by atoms with Crippen molar-refractivity contribution in [2.24, 2.45) is 0 Å². The number of hydrogen-bond donors (Lipinski definition) is 0. The Morgan fingerprint density at radius 2 is 0.800 bits per heavy atom. The summed E-state index contributed by atoms with van der Waals surface area (Å²) in [5.41, 5.74) is 6.79. The van der Waals surface area contributed by atoms with E-state index < -0.39 is 0 Å². The molecule has 14 aromatic rings. The summed E-state index contributed by atoms with van der Waals surface area (Å²) < 4.78 is 9.06. The minimum absolute atomic E-state index is 0.911. The fourth-order valence-electron chi connectivity index (χ4n) is 10.5. The third-order valence-electron chi connectivity index (χ3n) is 13.2. The van der Waals surface area contributed by atoms with E-state index in [9.17, 15) is 0 Å². The molecule has 0 atom stereocenters. The van der Waals surface area contributed by atoms with E-state index in [1.165, 1.54) is 118 Å². The van der Waals surface area contributed by atoms with E-state index in [1.54, 1.807) is 0 Å². The standard InChI is InChI=1S/C58H32OS/c1-2-13-35-29-53-49(27-34(35)12-1)48-28-36(23-26-52(48)59-53)56-42-17-7-9-19-44(42)57(45-20-10-8-18-43(45)56)37-22-24-41-50-31-51-47(32-55(50)60-54(41)30-37)40-16-6-5-15-39(40)46-25-21-33-11-3-4-14-38(33)58(46)51/h1-32H. The lowest BCUT2D eigenvalue weighted by Crippen LogP contribution is -1.90. The van der Waals surface area contributed by atoms with Crippen LogP contribution in [0.1, 0.15) is 0 Å². The predicted molar refractivity (Wildman–Crippen MR) is 260 cm³/mol. The molecule has 0 unspecified atom stereocenters. The van der Waals surface area contributed by atoms with Crippen molar-refractivity contribution in [3.8, 4) is 22.3 Å². The van der Waals surface area contributed by atoms with Crippen LogP contribution in [0.2, 0.25) is 0 Å². The third-order valence-corrected chi connectivity index (χ3v) is 14.3. The second-order valence-corrected chi connectivity index (χ2v) is 17.4. The molecule has 0 saturated carbocycles. The molecule has 0 N–H and O–H groups in total. The second-order valence-electron chi connectivity index (χ2n) is 16.3. The first-order chi connectivity index (χ1) is 29.7. The van der Waals surface area contributed by atoms with Crippen molar-refractivity contribution in [3.63, 3.8) is 0 Å². The first-order valence-corrected chi connectivity index (χ1v) is 21.5. The van der Waals surface area contributed by atoms with Gasteiger partial charge in [-0.25, -0.2) is 0 Å². The van der Waals surface area contributed by atoms with E-state index >= 15 is 0 Å². The van der Waals surface area contributed by atoms with Gasteiger partial charge in [-0.15, -0.1) is 11.3 Å². The van der Waals surface area contributed by atoms with Crippen LogP contribution in [0.5, 0.6) is 0 Å². The van der Waals surface area contributed by atoms with Gasteiger partial charge in [-0.3, -0.25) is 0 Å². The maximum atomic E-state index is 6.44. The van der Waals surface area contributed by atoms with Gasteiger partial charge in [-0.1, -0.05) is 152 Å². The summed E-state index contributed by atoms with van der Waals surface area (Å²) in [6.45, 7) is 0. The zero-order valence-electron chi connectivity index (χ0n) is 32.3. The van der Waals surface area contributed by atoms with Crippen molar-refractivity contribution in [2.75, 3.05) is 0 Å². The predicted octanol–water partition coefficient (Wildman–Crippen LogP) is 17.4. The van der Waals surface area contributed by atoms with Crippen molar-refractivity contribution < 1.29 is 4.42 Å². The first kappa shape index (κ1) is 32.4. The van der Waals surface area contributed by atoms with Gasteiger partial charge in [0.1, 0.15) is 11.2 Å². The molecule has 0 saturated heterocycles. The van der Waals surface area contributed by atoms with Gasteiger partial charge in [0.15, 0.2) is 0 Å². The van der Waals surface area contributed by atoms with Crippen LogP contribution in [0, 0.1) is 0 Å². The average Bonchev–Trinajstić information content (AvgIpc) is 3.85. The molecule has 0 aliphatic rings. The SMILES string of the molecule is c1ccc2cc3c(cc2c1)oc1ccc(-c2c4ccccc4c(-c4ccc5c(c4)sc4cc6c7ccccc7c7ccc8ccccc8c7c6cc45)c4ccccc24)cc13. The molecular formula is C58H32OS. The fraction of sp³-hybridized carbons (Fsp3) is 0. The third kappa shape index (κ3) is 4.46. The maximum absolute atomic E-state index is 6.44. The van der Waals surface area contributed by atoms with Crippen molar-refractivity contribution in [3.05, 3.63) is 194 Å². The minimum Gasteiger partial charge on any atom is -0.456 e. The van der Waals surface area contributed by atoms with E-state index in [4.69, 9.17) is 4.42 Å². The molecule has 1 nitrogen and oxygen atoms in total. The molecule has 12 aromatic carbocycles. The fourth-order valence-corrected chi connectivity index (χ4v) is 11.7. The Balaban J connectivity index is 1.00. The average molecular weight is 777 g/mol. The molecule has 0 aliphatic carbocycles. The zero-order valence-corrected chi connectivity index (χ0v) is 33.1. The molecule has 2 heterocycles. The van der Waals surface area contributed by atoms with E-state index in [0.29, 0.717) is 0 Å². The Morgan fingerprint density at radius 3 is 1.52 bits per heavy atom. The van der Waals surface area contributed by atoms with Crippen LogP contribution < -0.4 is 0 Å². The summed E-state index contributed by atoms with van der Waals surface area (Å²) in [7, 11) is 0. The van der Waals surface area contributed by atoms with Crippen LogP contribution in [0.25, 0.3) is 140 Å². The van der Waals surface area contributed by atoms with E-state index in [0.717, 1.165) is 21.9 Å². The molecule has 0 fully saturated rings. The molecule has 2 aromatic heterocycles. The molecule has 0 radical (unpaired) electrons. The van der Waals surface area contributed by atoms with Crippen LogP contribution in [0.4, 0.5) is 0 Å². The highest BCUT2D eigenvalue weighted by molar-refractivity contribution is 7.26. The Kier molecular flexibility index (Phi) is 6.50. The number of benzene rings is 12.